The van der Waals surface area contributed by atoms with Crippen LogP contribution in [0.25, 0.3) is 0 Å². The van der Waals surface area contributed by atoms with Gasteiger partial charge in [0.25, 0.3) is 0 Å². The summed E-state index contributed by atoms with van der Waals surface area (Å²) in [6.45, 7) is 0. The van der Waals surface area contributed by atoms with E-state index >= 15 is 0 Å². The first kappa shape index (κ1) is 11.7. The first-order chi connectivity index (χ1) is 7.84. The predicted molar refractivity (Wildman–Crippen MR) is 52.8 cm³/mol. The Kier molecular flexibility index (Phi) is 2.48. The van der Waals surface area contributed by atoms with Crippen molar-refractivity contribution in [2.45, 2.75) is 24.6 Å². The van der Waals surface area contributed by atoms with Crippen molar-refractivity contribution in [2.24, 2.45) is 0 Å². The number of halogens is 3. The van der Waals surface area contributed by atoms with Crippen LogP contribution in [0.4, 0.5) is 19.0 Å². The Morgan fingerprint density at radius 1 is 1.47 bits per heavy atom. The predicted octanol–water partition coefficient (Wildman–Crippen LogP) is 2.29. The fourth-order valence-electron chi connectivity index (χ4n) is 1.48. The van der Waals surface area contributed by atoms with Crippen LogP contribution in [0.1, 0.15) is 23.2 Å². The maximum atomic E-state index is 12.6. The molecule has 7 heteroatoms. The third-order valence-electron chi connectivity index (χ3n) is 2.67. The van der Waals surface area contributed by atoms with Crippen molar-refractivity contribution in [2.75, 3.05) is 5.32 Å². The lowest BCUT2D eigenvalue weighted by Gasteiger charge is -2.21. The van der Waals surface area contributed by atoms with Gasteiger partial charge < -0.3 is 10.4 Å². The summed E-state index contributed by atoms with van der Waals surface area (Å²) in [5.74, 6) is -1.27. The van der Waals surface area contributed by atoms with Crippen molar-refractivity contribution >= 4 is 11.8 Å². The maximum Gasteiger partial charge on any atom is 0.411 e. The summed E-state index contributed by atoms with van der Waals surface area (Å²) in [7, 11) is 0. The molecule has 0 aromatic carbocycles. The van der Waals surface area contributed by atoms with Gasteiger partial charge in [-0.25, -0.2) is 9.78 Å². The van der Waals surface area contributed by atoms with E-state index in [0.29, 0.717) is 0 Å². The number of aromatic carboxylic acids is 1. The molecular formula is C10H9F3N2O2. The normalized spacial score (nSPS) is 17.6. The van der Waals surface area contributed by atoms with Crippen LogP contribution in [0.5, 0.6) is 0 Å². The van der Waals surface area contributed by atoms with E-state index < -0.39 is 17.7 Å². The van der Waals surface area contributed by atoms with E-state index in [1.165, 1.54) is 6.07 Å². The van der Waals surface area contributed by atoms with Gasteiger partial charge in [0.05, 0.1) is 5.56 Å². The van der Waals surface area contributed by atoms with E-state index in [1.807, 2.05) is 0 Å². The number of hydrogen-bond acceptors (Lipinski definition) is 3. The zero-order valence-corrected chi connectivity index (χ0v) is 8.58. The molecule has 92 valence electrons. The Morgan fingerprint density at radius 3 is 2.59 bits per heavy atom. The SMILES string of the molecule is O=C(O)c1ccnc(NC2(C(F)(F)F)CC2)c1. The molecule has 4 nitrogen and oxygen atoms in total. The van der Waals surface area contributed by atoms with Crippen molar-refractivity contribution in [1.29, 1.82) is 0 Å². The van der Waals surface area contributed by atoms with Gasteiger partial charge in [-0.15, -0.1) is 0 Å². The van der Waals surface area contributed by atoms with E-state index in [-0.39, 0.29) is 24.2 Å². The smallest absolute Gasteiger partial charge is 0.411 e. The first-order valence-electron chi connectivity index (χ1n) is 4.88. The van der Waals surface area contributed by atoms with E-state index in [4.69, 9.17) is 5.11 Å². The van der Waals surface area contributed by atoms with Gasteiger partial charge in [-0.05, 0) is 25.0 Å². The van der Waals surface area contributed by atoms with Gasteiger partial charge in [0.1, 0.15) is 11.4 Å². The molecule has 1 aromatic rings. The molecule has 0 spiro atoms. The molecule has 0 radical (unpaired) electrons. The van der Waals surface area contributed by atoms with E-state index in [1.54, 1.807) is 0 Å². The summed E-state index contributed by atoms with van der Waals surface area (Å²) >= 11 is 0. The lowest BCUT2D eigenvalue weighted by Crippen LogP contribution is -2.38. The van der Waals surface area contributed by atoms with Gasteiger partial charge in [-0.1, -0.05) is 0 Å². The average molecular weight is 246 g/mol. The average Bonchev–Trinajstić information content (AvgIpc) is 2.98. The number of carboxylic acid groups (broad SMARTS) is 1. The van der Waals surface area contributed by atoms with Crippen molar-refractivity contribution < 1.29 is 23.1 Å². The molecule has 1 heterocycles. The van der Waals surface area contributed by atoms with Crippen LogP contribution in [0.3, 0.4) is 0 Å². The number of aromatic nitrogens is 1. The lowest BCUT2D eigenvalue weighted by atomic mass is 10.2. The molecule has 1 saturated carbocycles. The molecular weight excluding hydrogens is 237 g/mol. The molecule has 0 saturated heterocycles. The minimum atomic E-state index is -4.35. The van der Waals surface area contributed by atoms with Crippen LogP contribution >= 0.6 is 0 Å². The van der Waals surface area contributed by atoms with Gasteiger partial charge in [0, 0.05) is 6.20 Å². The minimum absolute atomic E-state index is 0.0184. The molecule has 0 bridgehead atoms. The quantitative estimate of drug-likeness (QED) is 0.858. The molecule has 1 fully saturated rings. The number of alkyl halides is 3. The molecule has 1 aliphatic rings. The maximum absolute atomic E-state index is 12.6. The summed E-state index contributed by atoms with van der Waals surface area (Å²) in [4.78, 5) is 14.3. The largest absolute Gasteiger partial charge is 0.478 e. The van der Waals surface area contributed by atoms with Gasteiger partial charge in [-0.3, -0.25) is 0 Å². The van der Waals surface area contributed by atoms with E-state index in [2.05, 4.69) is 10.3 Å². The van der Waals surface area contributed by atoms with Crippen molar-refractivity contribution in [3.8, 4) is 0 Å². The van der Waals surface area contributed by atoms with Crippen LogP contribution in [-0.2, 0) is 0 Å². The number of nitrogens with one attached hydrogen (secondary N) is 1. The summed E-state index contributed by atoms with van der Waals surface area (Å²) in [6.07, 6.45) is -3.23. The molecule has 1 aromatic heterocycles. The van der Waals surface area contributed by atoms with Crippen LogP contribution < -0.4 is 5.32 Å². The van der Waals surface area contributed by atoms with Crippen molar-refractivity contribution in [3.05, 3.63) is 23.9 Å². The zero-order valence-electron chi connectivity index (χ0n) is 8.58. The standard InChI is InChI=1S/C10H9F3N2O2/c11-10(12,13)9(2-3-9)15-7-5-6(8(16)17)1-4-14-7/h1,4-5H,2-3H2,(H,14,15)(H,16,17). The molecule has 2 rings (SSSR count). The monoisotopic (exact) mass is 246 g/mol. The molecule has 0 unspecified atom stereocenters. The van der Waals surface area contributed by atoms with Crippen LogP contribution in [0.2, 0.25) is 0 Å². The second-order valence-electron chi connectivity index (χ2n) is 3.94. The summed E-state index contributed by atoms with van der Waals surface area (Å²) < 4.78 is 37.9. The van der Waals surface area contributed by atoms with Crippen LogP contribution in [0, 0.1) is 0 Å². The third kappa shape index (κ3) is 2.17. The van der Waals surface area contributed by atoms with Gasteiger partial charge >= 0.3 is 12.1 Å². The number of nitrogens with zero attached hydrogens (tertiary/aromatic N) is 1. The second-order valence-corrected chi connectivity index (χ2v) is 3.94. The summed E-state index contributed by atoms with van der Waals surface area (Å²) in [5.41, 5.74) is -2.03. The highest BCUT2D eigenvalue weighted by Crippen LogP contribution is 2.50. The number of carbonyl (C=O) groups is 1. The molecule has 17 heavy (non-hydrogen) atoms. The zero-order chi connectivity index (χ0) is 12.7. The molecule has 0 aliphatic heterocycles. The Labute approximate surface area is 94.5 Å². The Balaban J connectivity index is 2.20. The van der Waals surface area contributed by atoms with Crippen LogP contribution in [0.15, 0.2) is 18.3 Å². The fraction of sp³-hybridized carbons (Fsp3) is 0.400. The van der Waals surface area contributed by atoms with Gasteiger partial charge in [0.15, 0.2) is 0 Å². The van der Waals surface area contributed by atoms with Crippen molar-refractivity contribution in [1.82, 2.24) is 4.98 Å². The molecule has 1 aliphatic carbocycles. The Hall–Kier alpha value is -1.79. The number of hydrogen-bond donors (Lipinski definition) is 2. The molecule has 2 N–H and O–H groups in total. The summed E-state index contributed by atoms with van der Waals surface area (Å²) in [6, 6.07) is 2.31. The van der Waals surface area contributed by atoms with Gasteiger partial charge in [0.2, 0.25) is 0 Å². The highest BCUT2D eigenvalue weighted by atomic mass is 19.4. The number of pyridine rings is 1. The first-order valence-corrected chi connectivity index (χ1v) is 4.88. The molecule has 0 amide bonds. The van der Waals surface area contributed by atoms with E-state index in [9.17, 15) is 18.0 Å². The topological polar surface area (TPSA) is 62.2 Å². The lowest BCUT2D eigenvalue weighted by molar-refractivity contribution is -0.151. The van der Waals surface area contributed by atoms with Crippen LogP contribution in [-0.4, -0.2) is 27.8 Å². The Bertz CT molecular complexity index is 455. The number of rotatable bonds is 3. The highest BCUT2D eigenvalue weighted by Gasteiger charge is 2.63. The fourth-order valence-corrected chi connectivity index (χ4v) is 1.48. The second kappa shape index (κ2) is 3.61. The van der Waals surface area contributed by atoms with Crippen molar-refractivity contribution in [3.63, 3.8) is 0 Å². The van der Waals surface area contributed by atoms with E-state index in [0.717, 1.165) is 12.3 Å². The minimum Gasteiger partial charge on any atom is -0.478 e. The third-order valence-corrected chi connectivity index (χ3v) is 2.67. The number of anilines is 1. The Morgan fingerprint density at radius 2 is 2.12 bits per heavy atom. The number of carboxylic acids is 1. The van der Waals surface area contributed by atoms with Gasteiger partial charge in [-0.2, -0.15) is 13.2 Å². The summed E-state index contributed by atoms with van der Waals surface area (Å²) in [5, 5.41) is 11.0. The highest BCUT2D eigenvalue weighted by molar-refractivity contribution is 5.88. The molecule has 0 atom stereocenters.